The van der Waals surface area contributed by atoms with Crippen LogP contribution in [-0.2, 0) is 9.53 Å². The molecule has 0 bridgehead atoms. The molecule has 0 radical (unpaired) electrons. The van der Waals surface area contributed by atoms with Crippen LogP contribution in [0, 0.1) is 11.3 Å². The molecule has 1 fully saturated rings. The van der Waals surface area contributed by atoms with Crippen LogP contribution < -0.4 is 0 Å². The van der Waals surface area contributed by atoms with Gasteiger partial charge in [0.1, 0.15) is 6.29 Å². The summed E-state index contributed by atoms with van der Waals surface area (Å²) in [7, 11) is 0. The number of hydrogen-bond donors (Lipinski definition) is 0. The highest BCUT2D eigenvalue weighted by molar-refractivity contribution is 5.59. The molecule has 2 heteroatoms. The maximum absolute atomic E-state index is 10.6. The molecule has 1 heterocycles. The molecular weight excluding hydrogens is 140 g/mol. The van der Waals surface area contributed by atoms with E-state index in [1.54, 1.807) is 0 Å². The van der Waals surface area contributed by atoms with Gasteiger partial charge in [0.25, 0.3) is 0 Å². The first-order valence-corrected chi connectivity index (χ1v) is 4.14. The van der Waals surface area contributed by atoms with E-state index >= 15 is 0 Å². The lowest BCUT2D eigenvalue weighted by Crippen LogP contribution is -2.30. The number of hydrogen-bond acceptors (Lipinski definition) is 2. The first kappa shape index (κ1) is 8.72. The van der Waals surface area contributed by atoms with Gasteiger partial charge in [-0.1, -0.05) is 20.8 Å². The van der Waals surface area contributed by atoms with Crippen LogP contribution in [0.5, 0.6) is 0 Å². The molecular formula is C9H16O2. The first-order valence-electron chi connectivity index (χ1n) is 4.14. The second-order valence-electron chi connectivity index (χ2n) is 4.10. The van der Waals surface area contributed by atoms with Crippen LogP contribution in [0.3, 0.4) is 0 Å². The van der Waals surface area contributed by atoms with Gasteiger partial charge in [-0.25, -0.2) is 0 Å². The number of rotatable bonds is 2. The standard InChI is InChI=1S/C9H16O2/c1-7-4-8(11-5-7)9(2,3)6-10/h6-8H,4-5H2,1-3H3. The Kier molecular flexibility index (Phi) is 2.33. The molecule has 0 aromatic rings. The minimum Gasteiger partial charge on any atom is -0.377 e. The van der Waals surface area contributed by atoms with Crippen molar-refractivity contribution < 1.29 is 9.53 Å². The Labute approximate surface area is 67.9 Å². The average molecular weight is 156 g/mol. The highest BCUT2D eigenvalue weighted by Gasteiger charge is 2.35. The highest BCUT2D eigenvalue weighted by atomic mass is 16.5. The van der Waals surface area contributed by atoms with Crippen LogP contribution in [0.15, 0.2) is 0 Å². The number of ether oxygens (including phenoxy) is 1. The van der Waals surface area contributed by atoms with Gasteiger partial charge in [-0.15, -0.1) is 0 Å². The van der Waals surface area contributed by atoms with Gasteiger partial charge in [0.2, 0.25) is 0 Å². The molecule has 0 spiro atoms. The van der Waals surface area contributed by atoms with Gasteiger partial charge in [-0.05, 0) is 12.3 Å². The van der Waals surface area contributed by atoms with Crippen LogP contribution in [-0.4, -0.2) is 19.0 Å². The van der Waals surface area contributed by atoms with Gasteiger partial charge in [0.15, 0.2) is 0 Å². The summed E-state index contributed by atoms with van der Waals surface area (Å²) in [5.41, 5.74) is -0.301. The SMILES string of the molecule is CC1COC(C(C)(C)C=O)C1. The summed E-state index contributed by atoms with van der Waals surface area (Å²) in [6, 6.07) is 0. The second-order valence-corrected chi connectivity index (χ2v) is 4.10. The zero-order valence-corrected chi connectivity index (χ0v) is 7.46. The largest absolute Gasteiger partial charge is 0.377 e. The van der Waals surface area contributed by atoms with Gasteiger partial charge in [-0.3, -0.25) is 0 Å². The van der Waals surface area contributed by atoms with Crippen molar-refractivity contribution in [2.24, 2.45) is 11.3 Å². The number of carbonyl (C=O) groups excluding carboxylic acids is 1. The second kappa shape index (κ2) is 2.94. The number of carbonyl (C=O) groups is 1. The van der Waals surface area contributed by atoms with E-state index in [1.807, 2.05) is 13.8 Å². The van der Waals surface area contributed by atoms with Crippen molar-refractivity contribution in [2.45, 2.75) is 33.3 Å². The summed E-state index contributed by atoms with van der Waals surface area (Å²) in [6.45, 7) is 6.83. The Bertz CT molecular complexity index is 152. The maximum Gasteiger partial charge on any atom is 0.128 e. The molecule has 0 amide bonds. The molecule has 0 aromatic carbocycles. The third-order valence-electron chi connectivity index (χ3n) is 2.33. The molecule has 1 saturated heterocycles. The van der Waals surface area contributed by atoms with E-state index in [1.165, 1.54) is 0 Å². The minimum absolute atomic E-state index is 0.134. The third-order valence-corrected chi connectivity index (χ3v) is 2.33. The molecule has 11 heavy (non-hydrogen) atoms. The van der Waals surface area contributed by atoms with Crippen molar-refractivity contribution >= 4 is 6.29 Å². The first-order chi connectivity index (χ1) is 5.06. The van der Waals surface area contributed by atoms with Gasteiger partial charge < -0.3 is 9.53 Å². The highest BCUT2D eigenvalue weighted by Crippen LogP contribution is 2.31. The Morgan fingerprint density at radius 3 is 2.55 bits per heavy atom. The Morgan fingerprint density at radius 1 is 1.55 bits per heavy atom. The molecule has 64 valence electrons. The van der Waals surface area contributed by atoms with Gasteiger partial charge in [0, 0.05) is 12.0 Å². The minimum atomic E-state index is -0.301. The van der Waals surface area contributed by atoms with Crippen molar-refractivity contribution in [3.8, 4) is 0 Å². The fourth-order valence-electron chi connectivity index (χ4n) is 1.38. The van der Waals surface area contributed by atoms with Crippen molar-refractivity contribution in [3.05, 3.63) is 0 Å². The number of aldehydes is 1. The van der Waals surface area contributed by atoms with E-state index < -0.39 is 0 Å². The van der Waals surface area contributed by atoms with E-state index in [2.05, 4.69) is 6.92 Å². The van der Waals surface area contributed by atoms with Crippen LogP contribution in [0.2, 0.25) is 0 Å². The van der Waals surface area contributed by atoms with E-state index in [0.29, 0.717) is 5.92 Å². The van der Waals surface area contributed by atoms with Gasteiger partial charge in [0.05, 0.1) is 6.10 Å². The maximum atomic E-state index is 10.6. The van der Waals surface area contributed by atoms with Crippen molar-refractivity contribution in [1.82, 2.24) is 0 Å². The normalized spacial score (nSPS) is 32.3. The predicted molar refractivity (Wildman–Crippen MR) is 43.4 cm³/mol. The zero-order chi connectivity index (χ0) is 8.48. The molecule has 0 aromatic heterocycles. The lowest BCUT2D eigenvalue weighted by molar-refractivity contribution is -0.120. The summed E-state index contributed by atoms with van der Waals surface area (Å²) in [5.74, 6) is 0.610. The monoisotopic (exact) mass is 156 g/mol. The lowest BCUT2D eigenvalue weighted by atomic mass is 9.85. The summed E-state index contributed by atoms with van der Waals surface area (Å²) < 4.78 is 5.49. The summed E-state index contributed by atoms with van der Waals surface area (Å²) >= 11 is 0. The van der Waals surface area contributed by atoms with Crippen molar-refractivity contribution in [2.75, 3.05) is 6.61 Å². The topological polar surface area (TPSA) is 26.3 Å². The molecule has 0 N–H and O–H groups in total. The molecule has 1 aliphatic heterocycles. The Hall–Kier alpha value is -0.370. The van der Waals surface area contributed by atoms with E-state index in [-0.39, 0.29) is 11.5 Å². The summed E-state index contributed by atoms with van der Waals surface area (Å²) in [4.78, 5) is 10.6. The van der Waals surface area contributed by atoms with E-state index in [4.69, 9.17) is 4.74 Å². The van der Waals surface area contributed by atoms with Crippen molar-refractivity contribution in [1.29, 1.82) is 0 Å². The zero-order valence-electron chi connectivity index (χ0n) is 7.46. The van der Waals surface area contributed by atoms with Crippen LogP contribution in [0.1, 0.15) is 27.2 Å². The molecule has 0 saturated carbocycles. The molecule has 0 aliphatic carbocycles. The van der Waals surface area contributed by atoms with Crippen molar-refractivity contribution in [3.63, 3.8) is 0 Å². The van der Waals surface area contributed by atoms with Crippen LogP contribution >= 0.6 is 0 Å². The molecule has 1 aliphatic rings. The van der Waals surface area contributed by atoms with Crippen LogP contribution in [0.25, 0.3) is 0 Å². The molecule has 2 unspecified atom stereocenters. The van der Waals surface area contributed by atoms with Gasteiger partial charge in [-0.2, -0.15) is 0 Å². The van der Waals surface area contributed by atoms with E-state index in [0.717, 1.165) is 19.3 Å². The predicted octanol–water partition coefficient (Wildman–Crippen LogP) is 1.64. The quantitative estimate of drug-likeness (QED) is 0.568. The van der Waals surface area contributed by atoms with Gasteiger partial charge >= 0.3 is 0 Å². The lowest BCUT2D eigenvalue weighted by Gasteiger charge is -2.23. The fraction of sp³-hybridized carbons (Fsp3) is 0.889. The molecule has 1 rings (SSSR count). The smallest absolute Gasteiger partial charge is 0.128 e. The Morgan fingerprint density at radius 2 is 2.18 bits per heavy atom. The molecule has 2 nitrogen and oxygen atoms in total. The van der Waals surface area contributed by atoms with E-state index in [9.17, 15) is 4.79 Å². The Balaban J connectivity index is 2.55. The fourth-order valence-corrected chi connectivity index (χ4v) is 1.38. The molecule has 2 atom stereocenters. The average Bonchev–Trinajstić information content (AvgIpc) is 2.36. The van der Waals surface area contributed by atoms with Crippen LogP contribution in [0.4, 0.5) is 0 Å². The summed E-state index contributed by atoms with van der Waals surface area (Å²) in [5, 5.41) is 0. The third kappa shape index (κ3) is 1.80. The summed E-state index contributed by atoms with van der Waals surface area (Å²) in [6.07, 6.45) is 2.15.